The van der Waals surface area contributed by atoms with Gasteiger partial charge in [-0.15, -0.1) is 5.10 Å². The summed E-state index contributed by atoms with van der Waals surface area (Å²) in [6, 6.07) is 3.89. The van der Waals surface area contributed by atoms with Gasteiger partial charge in [-0.1, -0.05) is 17.8 Å². The molecule has 6 nitrogen and oxygen atoms in total. The molecule has 0 aliphatic heterocycles. The van der Waals surface area contributed by atoms with Crippen LogP contribution in [0.15, 0.2) is 28.3 Å². The molecule has 0 saturated carbocycles. The van der Waals surface area contributed by atoms with E-state index in [4.69, 9.17) is 0 Å². The van der Waals surface area contributed by atoms with Crippen LogP contribution in [0, 0.1) is 0 Å². The molecule has 0 amide bonds. The summed E-state index contributed by atoms with van der Waals surface area (Å²) in [4.78, 5) is 15.4. The first kappa shape index (κ1) is 11.7. The third kappa shape index (κ3) is 2.50. The average Bonchev–Trinajstić information content (AvgIpc) is 2.68. The van der Waals surface area contributed by atoms with Crippen molar-refractivity contribution in [3.63, 3.8) is 0 Å². The molecule has 0 unspecified atom stereocenters. The van der Waals surface area contributed by atoms with Crippen molar-refractivity contribution in [2.45, 2.75) is 10.9 Å². The predicted octanol–water partition coefficient (Wildman–Crippen LogP) is 0.837. The maximum Gasteiger partial charge on any atom is 0.343 e. The highest BCUT2D eigenvalue weighted by Crippen LogP contribution is 2.22. The van der Waals surface area contributed by atoms with E-state index in [9.17, 15) is 4.79 Å². The van der Waals surface area contributed by atoms with Crippen molar-refractivity contribution in [1.82, 2.24) is 19.7 Å². The molecule has 2 heterocycles. The number of aromatic nitrogens is 4. The summed E-state index contributed by atoms with van der Waals surface area (Å²) >= 11 is 1.49. The lowest BCUT2D eigenvalue weighted by atomic mass is 10.3. The summed E-state index contributed by atoms with van der Waals surface area (Å²) in [5, 5.41) is 10.0. The van der Waals surface area contributed by atoms with Gasteiger partial charge in [0.2, 0.25) is 0 Å². The molecule has 2 rings (SSSR count). The minimum Gasteiger partial charge on any atom is -0.373 e. The Morgan fingerprint density at radius 3 is 3.06 bits per heavy atom. The number of thioether (sulfide) groups is 1. The van der Waals surface area contributed by atoms with Crippen molar-refractivity contribution in [3.8, 4) is 0 Å². The van der Waals surface area contributed by atoms with Gasteiger partial charge in [0.05, 0.1) is 0 Å². The summed E-state index contributed by atoms with van der Waals surface area (Å²) in [6.45, 7) is 0. The number of anilines is 1. The minimum atomic E-state index is -0.201. The number of pyridine rings is 1. The topological polar surface area (TPSA) is 75.6 Å². The smallest absolute Gasteiger partial charge is 0.343 e. The molecule has 2 aromatic rings. The molecule has 0 fully saturated rings. The zero-order chi connectivity index (χ0) is 12.3. The van der Waals surface area contributed by atoms with Crippen LogP contribution in [0.2, 0.25) is 0 Å². The Morgan fingerprint density at radius 2 is 2.41 bits per heavy atom. The molecule has 0 aliphatic carbocycles. The van der Waals surface area contributed by atoms with Crippen LogP contribution in [0.4, 0.5) is 5.82 Å². The SMILES string of the molecule is CNc1ncccc1CSc1n[nH]c(=O)n1C. The first-order valence-electron chi connectivity index (χ1n) is 5.08. The molecular weight excluding hydrogens is 238 g/mol. The Kier molecular flexibility index (Phi) is 3.48. The van der Waals surface area contributed by atoms with E-state index in [2.05, 4.69) is 20.5 Å². The highest BCUT2D eigenvalue weighted by atomic mass is 32.2. The fourth-order valence-electron chi connectivity index (χ4n) is 1.38. The fourth-order valence-corrected chi connectivity index (χ4v) is 2.29. The first-order chi connectivity index (χ1) is 8.22. The monoisotopic (exact) mass is 251 g/mol. The van der Waals surface area contributed by atoms with Crippen molar-refractivity contribution < 1.29 is 0 Å². The molecule has 2 aromatic heterocycles. The zero-order valence-electron chi connectivity index (χ0n) is 9.60. The summed E-state index contributed by atoms with van der Waals surface area (Å²) in [7, 11) is 3.52. The molecule has 0 aliphatic rings. The standard InChI is InChI=1S/C10H13N5OS/c1-11-8-7(4-3-5-12-8)6-17-10-14-13-9(16)15(10)2/h3-5H,6H2,1-2H3,(H,11,12)(H,13,16). The molecule has 0 aromatic carbocycles. The van der Waals surface area contributed by atoms with E-state index in [0.29, 0.717) is 10.9 Å². The van der Waals surface area contributed by atoms with Gasteiger partial charge in [0, 0.05) is 31.6 Å². The van der Waals surface area contributed by atoms with Gasteiger partial charge in [0.25, 0.3) is 0 Å². The Bertz CT molecular complexity index is 562. The molecular formula is C10H13N5OS. The second-order valence-corrected chi connectivity index (χ2v) is 4.36. The minimum absolute atomic E-state index is 0.201. The Hall–Kier alpha value is -1.76. The lowest BCUT2D eigenvalue weighted by molar-refractivity contribution is 0.766. The maximum absolute atomic E-state index is 11.2. The van der Waals surface area contributed by atoms with Crippen LogP contribution in [-0.4, -0.2) is 26.8 Å². The number of hydrogen-bond donors (Lipinski definition) is 2. The van der Waals surface area contributed by atoms with Crippen LogP contribution < -0.4 is 11.0 Å². The maximum atomic E-state index is 11.2. The summed E-state index contributed by atoms with van der Waals surface area (Å²) in [5.41, 5.74) is 0.878. The lowest BCUT2D eigenvalue weighted by Crippen LogP contribution is -2.12. The van der Waals surface area contributed by atoms with Gasteiger partial charge in [-0.25, -0.2) is 14.9 Å². The van der Waals surface area contributed by atoms with Gasteiger partial charge in [0.15, 0.2) is 5.16 Å². The number of hydrogen-bond acceptors (Lipinski definition) is 5. The van der Waals surface area contributed by atoms with Crippen LogP contribution in [0.25, 0.3) is 0 Å². The summed E-state index contributed by atoms with van der Waals surface area (Å²) in [6.07, 6.45) is 1.74. The molecule has 0 atom stereocenters. The zero-order valence-corrected chi connectivity index (χ0v) is 10.4. The molecule has 0 saturated heterocycles. The molecule has 90 valence electrons. The van der Waals surface area contributed by atoms with Gasteiger partial charge in [-0.3, -0.25) is 4.57 Å². The quantitative estimate of drug-likeness (QED) is 0.787. The van der Waals surface area contributed by atoms with E-state index in [1.165, 1.54) is 16.3 Å². The van der Waals surface area contributed by atoms with Gasteiger partial charge in [-0.05, 0) is 6.07 Å². The van der Waals surface area contributed by atoms with Crippen LogP contribution in [0.5, 0.6) is 0 Å². The molecule has 7 heteroatoms. The normalized spacial score (nSPS) is 10.5. The van der Waals surface area contributed by atoms with Crippen LogP contribution in [0.1, 0.15) is 5.56 Å². The molecule has 0 radical (unpaired) electrons. The first-order valence-corrected chi connectivity index (χ1v) is 6.06. The van der Waals surface area contributed by atoms with E-state index in [1.54, 1.807) is 13.2 Å². The second kappa shape index (κ2) is 5.05. The Morgan fingerprint density at radius 1 is 1.59 bits per heavy atom. The highest BCUT2D eigenvalue weighted by molar-refractivity contribution is 7.98. The van der Waals surface area contributed by atoms with E-state index in [0.717, 1.165) is 11.4 Å². The third-order valence-electron chi connectivity index (χ3n) is 2.32. The second-order valence-electron chi connectivity index (χ2n) is 3.42. The van der Waals surface area contributed by atoms with E-state index >= 15 is 0 Å². The number of aromatic amines is 1. The third-order valence-corrected chi connectivity index (χ3v) is 3.40. The van der Waals surface area contributed by atoms with Crippen molar-refractivity contribution in [2.75, 3.05) is 12.4 Å². The number of nitrogens with one attached hydrogen (secondary N) is 2. The molecule has 0 spiro atoms. The molecule has 17 heavy (non-hydrogen) atoms. The number of rotatable bonds is 4. The van der Waals surface area contributed by atoms with Gasteiger partial charge < -0.3 is 5.32 Å². The summed E-state index contributed by atoms with van der Waals surface area (Å²) < 4.78 is 1.49. The Labute approximate surface area is 102 Å². The number of H-pyrrole nitrogens is 1. The van der Waals surface area contributed by atoms with Gasteiger partial charge in [0.1, 0.15) is 5.82 Å². The number of nitrogens with zero attached hydrogens (tertiary/aromatic N) is 3. The van der Waals surface area contributed by atoms with Crippen LogP contribution in [-0.2, 0) is 12.8 Å². The summed E-state index contributed by atoms with van der Waals surface area (Å²) in [5.74, 6) is 1.56. The van der Waals surface area contributed by atoms with E-state index in [1.807, 2.05) is 19.2 Å². The van der Waals surface area contributed by atoms with Crippen molar-refractivity contribution >= 4 is 17.6 Å². The van der Waals surface area contributed by atoms with Crippen molar-refractivity contribution in [3.05, 3.63) is 34.4 Å². The van der Waals surface area contributed by atoms with E-state index in [-0.39, 0.29) is 5.69 Å². The van der Waals surface area contributed by atoms with Gasteiger partial charge >= 0.3 is 5.69 Å². The predicted molar refractivity (Wildman–Crippen MR) is 67.2 cm³/mol. The van der Waals surface area contributed by atoms with E-state index < -0.39 is 0 Å². The lowest BCUT2D eigenvalue weighted by Gasteiger charge is -2.06. The van der Waals surface area contributed by atoms with Crippen LogP contribution >= 0.6 is 11.8 Å². The highest BCUT2D eigenvalue weighted by Gasteiger charge is 2.07. The Balaban J connectivity index is 2.12. The average molecular weight is 251 g/mol. The fraction of sp³-hybridized carbons (Fsp3) is 0.300. The van der Waals surface area contributed by atoms with Gasteiger partial charge in [-0.2, -0.15) is 0 Å². The molecule has 2 N–H and O–H groups in total. The molecule has 0 bridgehead atoms. The largest absolute Gasteiger partial charge is 0.373 e. The van der Waals surface area contributed by atoms with Crippen molar-refractivity contribution in [2.24, 2.45) is 7.05 Å². The van der Waals surface area contributed by atoms with Crippen LogP contribution in [0.3, 0.4) is 0 Å². The van der Waals surface area contributed by atoms with Crippen molar-refractivity contribution in [1.29, 1.82) is 0 Å².